The summed E-state index contributed by atoms with van der Waals surface area (Å²) >= 11 is 0. The standard InChI is InChI=1S/C32H36N2O3/c1-32(2,3)37-31(36)34(21-22-10-11-22)29-20-28(29)25-16-18-27(19-17-25)33(4)30(35)26-14-12-24(13-15-26)23-8-6-5-7-9-23/h5-9,12-19,22,28-29H,10-11,20-21H2,1-4H3/t28-,29+/m0/s1. The maximum atomic E-state index is 13.1. The van der Waals surface area contributed by atoms with Crippen molar-refractivity contribution in [1.29, 1.82) is 0 Å². The number of carbonyl (C=O) groups is 2. The van der Waals surface area contributed by atoms with Crippen molar-refractivity contribution in [2.45, 2.75) is 57.6 Å². The van der Waals surface area contributed by atoms with Crippen molar-refractivity contribution < 1.29 is 14.3 Å². The Morgan fingerprint density at radius 2 is 1.49 bits per heavy atom. The fraction of sp³-hybridized carbons (Fsp3) is 0.375. The molecule has 0 spiro atoms. The van der Waals surface area contributed by atoms with Crippen LogP contribution in [0.2, 0.25) is 0 Å². The van der Waals surface area contributed by atoms with Crippen LogP contribution in [-0.2, 0) is 4.74 Å². The number of carbonyl (C=O) groups excluding carboxylic acids is 2. The molecule has 2 atom stereocenters. The summed E-state index contributed by atoms with van der Waals surface area (Å²) in [6, 6.07) is 26.3. The van der Waals surface area contributed by atoms with Gasteiger partial charge in [-0.1, -0.05) is 54.6 Å². The molecule has 2 aliphatic carbocycles. The summed E-state index contributed by atoms with van der Waals surface area (Å²) in [6.07, 6.45) is 3.14. The van der Waals surface area contributed by atoms with Crippen LogP contribution < -0.4 is 4.90 Å². The van der Waals surface area contributed by atoms with Crippen LogP contribution in [0, 0.1) is 5.92 Å². The van der Waals surface area contributed by atoms with E-state index >= 15 is 0 Å². The van der Waals surface area contributed by atoms with Crippen LogP contribution in [0.3, 0.4) is 0 Å². The number of nitrogens with zero attached hydrogens (tertiary/aromatic N) is 2. The summed E-state index contributed by atoms with van der Waals surface area (Å²) in [5, 5.41) is 0. The molecule has 5 rings (SSSR count). The average molecular weight is 497 g/mol. The molecule has 2 saturated carbocycles. The Bertz CT molecular complexity index is 1240. The molecule has 0 bridgehead atoms. The minimum absolute atomic E-state index is 0.0443. The van der Waals surface area contributed by atoms with Gasteiger partial charge in [0.25, 0.3) is 5.91 Å². The zero-order valence-electron chi connectivity index (χ0n) is 22.2. The van der Waals surface area contributed by atoms with Gasteiger partial charge in [-0.05, 0) is 86.9 Å². The molecule has 2 fully saturated rings. The van der Waals surface area contributed by atoms with Crippen LogP contribution in [-0.4, -0.2) is 42.1 Å². The van der Waals surface area contributed by atoms with Crippen LogP contribution >= 0.6 is 0 Å². The molecule has 5 nitrogen and oxygen atoms in total. The molecule has 0 radical (unpaired) electrons. The first-order chi connectivity index (χ1) is 17.7. The average Bonchev–Trinajstić information content (AvgIpc) is 3.82. The Balaban J connectivity index is 1.23. The molecule has 37 heavy (non-hydrogen) atoms. The van der Waals surface area contributed by atoms with Crippen LogP contribution in [0.4, 0.5) is 10.5 Å². The first-order valence-electron chi connectivity index (χ1n) is 13.2. The predicted octanol–water partition coefficient (Wildman–Crippen LogP) is 7.13. The molecule has 5 heteroatoms. The Labute approximate surface area is 220 Å². The maximum Gasteiger partial charge on any atom is 0.410 e. The summed E-state index contributed by atoms with van der Waals surface area (Å²) < 4.78 is 5.71. The molecule has 192 valence electrons. The summed E-state index contributed by atoms with van der Waals surface area (Å²) in [5.41, 5.74) is 4.42. The van der Waals surface area contributed by atoms with Gasteiger partial charge in [0.1, 0.15) is 5.60 Å². The van der Waals surface area contributed by atoms with Crippen molar-refractivity contribution in [2.24, 2.45) is 5.92 Å². The molecule has 0 aliphatic heterocycles. The zero-order valence-corrected chi connectivity index (χ0v) is 22.2. The van der Waals surface area contributed by atoms with E-state index in [1.807, 2.05) is 87.3 Å². The van der Waals surface area contributed by atoms with E-state index in [4.69, 9.17) is 4.74 Å². The molecule has 0 saturated heterocycles. The lowest BCUT2D eigenvalue weighted by atomic mass is 10.0. The number of hydrogen-bond acceptors (Lipinski definition) is 3. The highest BCUT2D eigenvalue weighted by atomic mass is 16.6. The number of amides is 2. The molecule has 3 aromatic rings. The number of ether oxygens (including phenoxy) is 1. The smallest absolute Gasteiger partial charge is 0.410 e. The van der Waals surface area contributed by atoms with E-state index < -0.39 is 5.60 Å². The van der Waals surface area contributed by atoms with Crippen molar-refractivity contribution in [3.8, 4) is 11.1 Å². The second-order valence-corrected chi connectivity index (χ2v) is 11.4. The normalized spacial score (nSPS) is 18.7. The SMILES string of the molecule is CN(C(=O)c1ccc(-c2ccccc2)cc1)c1ccc([C@@H]2C[C@H]2N(CC2CC2)C(=O)OC(C)(C)C)cc1. The minimum Gasteiger partial charge on any atom is -0.444 e. The van der Waals surface area contributed by atoms with Gasteiger partial charge in [-0.15, -0.1) is 0 Å². The molecule has 0 aromatic heterocycles. The molecule has 0 N–H and O–H groups in total. The molecule has 2 amide bonds. The van der Waals surface area contributed by atoms with Gasteiger partial charge in [-0.3, -0.25) is 4.79 Å². The fourth-order valence-corrected chi connectivity index (χ4v) is 4.82. The predicted molar refractivity (Wildman–Crippen MR) is 148 cm³/mol. The summed E-state index contributed by atoms with van der Waals surface area (Å²) in [6.45, 7) is 6.53. The fourth-order valence-electron chi connectivity index (χ4n) is 4.82. The molecule has 0 unspecified atom stereocenters. The van der Waals surface area contributed by atoms with E-state index in [1.165, 1.54) is 18.4 Å². The van der Waals surface area contributed by atoms with Gasteiger partial charge >= 0.3 is 6.09 Å². The molecular weight excluding hydrogens is 460 g/mol. The number of hydrogen-bond donors (Lipinski definition) is 0. The van der Waals surface area contributed by atoms with E-state index in [-0.39, 0.29) is 18.0 Å². The zero-order chi connectivity index (χ0) is 26.2. The topological polar surface area (TPSA) is 49.9 Å². The van der Waals surface area contributed by atoms with Crippen molar-refractivity contribution >= 4 is 17.7 Å². The Morgan fingerprint density at radius 3 is 2.08 bits per heavy atom. The Kier molecular flexibility index (Phi) is 6.80. The first-order valence-corrected chi connectivity index (χ1v) is 13.2. The van der Waals surface area contributed by atoms with Crippen molar-refractivity contribution in [3.63, 3.8) is 0 Å². The lowest BCUT2D eigenvalue weighted by Gasteiger charge is -2.28. The van der Waals surface area contributed by atoms with Gasteiger partial charge in [-0.2, -0.15) is 0 Å². The molecular formula is C32H36N2O3. The van der Waals surface area contributed by atoms with Crippen LogP contribution in [0.5, 0.6) is 0 Å². The summed E-state index contributed by atoms with van der Waals surface area (Å²) in [4.78, 5) is 29.7. The summed E-state index contributed by atoms with van der Waals surface area (Å²) in [7, 11) is 1.81. The largest absolute Gasteiger partial charge is 0.444 e. The van der Waals surface area contributed by atoms with E-state index in [2.05, 4.69) is 24.3 Å². The van der Waals surface area contributed by atoms with E-state index in [0.29, 0.717) is 17.4 Å². The van der Waals surface area contributed by atoms with Gasteiger partial charge < -0.3 is 14.5 Å². The molecule has 3 aromatic carbocycles. The number of benzene rings is 3. The van der Waals surface area contributed by atoms with Gasteiger partial charge in [0.15, 0.2) is 0 Å². The van der Waals surface area contributed by atoms with Crippen LogP contribution in [0.15, 0.2) is 78.9 Å². The highest BCUT2D eigenvalue weighted by Crippen LogP contribution is 2.47. The first kappa shape index (κ1) is 25.1. The quantitative estimate of drug-likeness (QED) is 0.349. The Morgan fingerprint density at radius 1 is 0.865 bits per heavy atom. The lowest BCUT2D eigenvalue weighted by molar-refractivity contribution is 0.0220. The van der Waals surface area contributed by atoms with Gasteiger partial charge in [0, 0.05) is 36.8 Å². The second-order valence-electron chi connectivity index (χ2n) is 11.4. The highest BCUT2D eigenvalue weighted by Gasteiger charge is 2.47. The van der Waals surface area contributed by atoms with Gasteiger partial charge in [-0.25, -0.2) is 4.79 Å². The van der Waals surface area contributed by atoms with Gasteiger partial charge in [0.2, 0.25) is 0 Å². The van der Waals surface area contributed by atoms with Crippen molar-refractivity contribution in [1.82, 2.24) is 4.90 Å². The van der Waals surface area contributed by atoms with Crippen LogP contribution in [0.25, 0.3) is 11.1 Å². The van der Waals surface area contributed by atoms with Crippen LogP contribution in [0.1, 0.15) is 61.9 Å². The number of rotatable bonds is 7. The Hall–Kier alpha value is -3.60. The van der Waals surface area contributed by atoms with E-state index in [0.717, 1.165) is 29.8 Å². The van der Waals surface area contributed by atoms with Crippen molar-refractivity contribution in [3.05, 3.63) is 90.0 Å². The minimum atomic E-state index is -0.496. The van der Waals surface area contributed by atoms with E-state index in [9.17, 15) is 9.59 Å². The summed E-state index contributed by atoms with van der Waals surface area (Å²) in [5.74, 6) is 0.876. The highest BCUT2D eigenvalue weighted by molar-refractivity contribution is 6.06. The third-order valence-corrected chi connectivity index (χ3v) is 7.19. The van der Waals surface area contributed by atoms with E-state index in [1.54, 1.807) is 4.90 Å². The third kappa shape index (κ3) is 6.04. The molecule has 2 aliphatic rings. The van der Waals surface area contributed by atoms with Gasteiger partial charge in [0.05, 0.1) is 0 Å². The lowest BCUT2D eigenvalue weighted by Crippen LogP contribution is -2.40. The monoisotopic (exact) mass is 496 g/mol. The second kappa shape index (κ2) is 10.0. The number of anilines is 1. The van der Waals surface area contributed by atoms with Crippen molar-refractivity contribution in [2.75, 3.05) is 18.5 Å². The third-order valence-electron chi connectivity index (χ3n) is 7.19. The molecule has 0 heterocycles. The maximum absolute atomic E-state index is 13.1.